The van der Waals surface area contributed by atoms with Crippen LogP contribution in [0.3, 0.4) is 0 Å². The lowest BCUT2D eigenvalue weighted by molar-refractivity contribution is 0.201. The number of hydrogen-bond acceptors (Lipinski definition) is 5. The molecule has 1 aliphatic rings. The van der Waals surface area contributed by atoms with Crippen molar-refractivity contribution in [3.8, 4) is 0 Å². The van der Waals surface area contributed by atoms with Crippen LogP contribution in [-0.4, -0.2) is 36.5 Å². The van der Waals surface area contributed by atoms with Crippen molar-refractivity contribution >= 4 is 17.6 Å². The summed E-state index contributed by atoms with van der Waals surface area (Å²) in [5.41, 5.74) is 0. The van der Waals surface area contributed by atoms with Gasteiger partial charge in [0, 0.05) is 19.7 Å². The van der Waals surface area contributed by atoms with Crippen LogP contribution in [0.15, 0.2) is 4.42 Å². The highest BCUT2D eigenvalue weighted by atomic mass is 35.5. The summed E-state index contributed by atoms with van der Waals surface area (Å²) in [4.78, 5) is 2.12. The number of aromatic nitrogens is 2. The van der Waals surface area contributed by atoms with Gasteiger partial charge in [0.25, 0.3) is 0 Å². The van der Waals surface area contributed by atoms with Gasteiger partial charge in [-0.25, -0.2) is 0 Å². The van der Waals surface area contributed by atoms with Crippen LogP contribution < -0.4 is 4.90 Å². The number of halogens is 1. The van der Waals surface area contributed by atoms with E-state index in [1.54, 1.807) is 7.11 Å². The number of rotatable bonds is 7. The van der Waals surface area contributed by atoms with Crippen molar-refractivity contribution in [3.05, 3.63) is 5.89 Å². The lowest BCUT2D eigenvalue weighted by Crippen LogP contribution is -2.37. The Kier molecular flexibility index (Phi) is 4.45. The molecule has 1 fully saturated rings. The molecule has 2 atom stereocenters. The quantitative estimate of drug-likeness (QED) is 0.715. The third-order valence-electron chi connectivity index (χ3n) is 3.35. The Balaban J connectivity index is 2.10. The summed E-state index contributed by atoms with van der Waals surface area (Å²) in [6.45, 7) is 5.42. The largest absolute Gasteiger partial charge is 0.406 e. The highest BCUT2D eigenvalue weighted by Crippen LogP contribution is 2.36. The van der Waals surface area contributed by atoms with Gasteiger partial charge in [0.2, 0.25) is 5.89 Å². The second kappa shape index (κ2) is 5.89. The van der Waals surface area contributed by atoms with E-state index in [1.807, 2.05) is 6.92 Å². The van der Waals surface area contributed by atoms with E-state index in [-0.39, 0.29) is 5.38 Å². The van der Waals surface area contributed by atoms with E-state index in [1.165, 1.54) is 12.8 Å². The molecule has 0 bridgehead atoms. The molecule has 5 nitrogen and oxygen atoms in total. The number of nitrogens with zero attached hydrogens (tertiary/aromatic N) is 3. The third-order valence-corrected chi connectivity index (χ3v) is 3.53. The first-order valence-electron chi connectivity index (χ1n) is 6.36. The Morgan fingerprint density at radius 2 is 2.17 bits per heavy atom. The van der Waals surface area contributed by atoms with Gasteiger partial charge in [0.15, 0.2) is 0 Å². The van der Waals surface area contributed by atoms with Crippen molar-refractivity contribution in [3.63, 3.8) is 0 Å². The molecule has 1 aromatic heterocycles. The average Bonchev–Trinajstić information content (AvgIpc) is 3.08. The Morgan fingerprint density at radius 3 is 2.67 bits per heavy atom. The first kappa shape index (κ1) is 13.6. The summed E-state index contributed by atoms with van der Waals surface area (Å²) < 4.78 is 10.8. The standard InChI is InChI=1S/C12H20ClN3O2/c1-8(13)11-14-15-12(18-11)16(6-7-17-3)9(2)10-4-5-10/h8-10H,4-7H2,1-3H3. The van der Waals surface area contributed by atoms with Gasteiger partial charge < -0.3 is 14.1 Å². The minimum atomic E-state index is -0.258. The van der Waals surface area contributed by atoms with Crippen LogP contribution in [0.1, 0.15) is 38.0 Å². The molecule has 0 N–H and O–H groups in total. The molecule has 0 saturated heterocycles. The van der Waals surface area contributed by atoms with Crippen LogP contribution in [0.4, 0.5) is 6.01 Å². The van der Waals surface area contributed by atoms with Gasteiger partial charge in [-0.3, -0.25) is 0 Å². The van der Waals surface area contributed by atoms with Crippen molar-refractivity contribution in [1.29, 1.82) is 0 Å². The number of anilines is 1. The van der Waals surface area contributed by atoms with Gasteiger partial charge in [-0.1, -0.05) is 5.10 Å². The van der Waals surface area contributed by atoms with Crippen LogP contribution in [0.5, 0.6) is 0 Å². The van der Waals surface area contributed by atoms with E-state index >= 15 is 0 Å². The highest BCUT2D eigenvalue weighted by molar-refractivity contribution is 6.20. The second-order valence-corrected chi connectivity index (χ2v) is 5.46. The van der Waals surface area contributed by atoms with Crippen LogP contribution in [-0.2, 0) is 4.74 Å². The molecule has 0 amide bonds. The zero-order chi connectivity index (χ0) is 13.1. The predicted molar refractivity (Wildman–Crippen MR) is 70.0 cm³/mol. The first-order valence-corrected chi connectivity index (χ1v) is 6.80. The van der Waals surface area contributed by atoms with Crippen molar-refractivity contribution in [2.45, 2.75) is 38.1 Å². The molecule has 1 saturated carbocycles. The molecule has 0 aliphatic heterocycles. The lowest BCUT2D eigenvalue weighted by Gasteiger charge is -2.26. The van der Waals surface area contributed by atoms with Gasteiger partial charge in [-0.2, -0.15) is 0 Å². The van der Waals surface area contributed by atoms with Crippen LogP contribution >= 0.6 is 11.6 Å². The predicted octanol–water partition coefficient (Wildman–Crippen LogP) is 2.62. The molecule has 18 heavy (non-hydrogen) atoms. The van der Waals surface area contributed by atoms with Crippen LogP contribution in [0, 0.1) is 5.92 Å². The molecular formula is C12H20ClN3O2. The molecule has 1 aliphatic carbocycles. The zero-order valence-electron chi connectivity index (χ0n) is 11.1. The van der Waals surface area contributed by atoms with Gasteiger partial charge in [-0.05, 0) is 32.6 Å². The smallest absolute Gasteiger partial charge is 0.318 e. The van der Waals surface area contributed by atoms with E-state index in [0.29, 0.717) is 24.6 Å². The molecule has 0 aromatic carbocycles. The lowest BCUT2D eigenvalue weighted by atomic mass is 10.2. The number of hydrogen-bond donors (Lipinski definition) is 0. The Labute approximate surface area is 112 Å². The van der Waals surface area contributed by atoms with Crippen molar-refractivity contribution in [2.24, 2.45) is 5.92 Å². The average molecular weight is 274 g/mol. The van der Waals surface area contributed by atoms with Crippen LogP contribution in [0.25, 0.3) is 0 Å². The van der Waals surface area contributed by atoms with Gasteiger partial charge >= 0.3 is 6.01 Å². The summed E-state index contributed by atoms with van der Waals surface area (Å²) in [5, 5.41) is 7.81. The molecule has 0 spiro atoms. The first-order chi connectivity index (χ1) is 8.63. The van der Waals surface area contributed by atoms with E-state index in [4.69, 9.17) is 20.8 Å². The topological polar surface area (TPSA) is 51.4 Å². The fraction of sp³-hybridized carbons (Fsp3) is 0.833. The molecule has 0 radical (unpaired) electrons. The van der Waals surface area contributed by atoms with E-state index in [0.717, 1.165) is 12.5 Å². The molecular weight excluding hydrogens is 254 g/mol. The number of alkyl halides is 1. The second-order valence-electron chi connectivity index (χ2n) is 4.80. The molecule has 2 rings (SSSR count). The zero-order valence-corrected chi connectivity index (χ0v) is 11.9. The summed E-state index contributed by atoms with van der Waals surface area (Å²) in [5.74, 6) is 1.20. The van der Waals surface area contributed by atoms with Crippen molar-refractivity contribution < 1.29 is 9.15 Å². The minimum absolute atomic E-state index is 0.258. The highest BCUT2D eigenvalue weighted by Gasteiger charge is 2.34. The van der Waals surface area contributed by atoms with Crippen molar-refractivity contribution in [1.82, 2.24) is 10.2 Å². The van der Waals surface area contributed by atoms with E-state index in [2.05, 4.69) is 22.0 Å². The maximum absolute atomic E-state index is 5.94. The molecule has 1 aromatic rings. The van der Waals surface area contributed by atoms with E-state index < -0.39 is 0 Å². The normalized spacial score (nSPS) is 18.7. The Morgan fingerprint density at radius 1 is 1.44 bits per heavy atom. The minimum Gasteiger partial charge on any atom is -0.406 e. The van der Waals surface area contributed by atoms with Gasteiger partial charge in [-0.15, -0.1) is 16.7 Å². The monoisotopic (exact) mass is 273 g/mol. The third kappa shape index (κ3) is 3.14. The summed E-state index contributed by atoms with van der Waals surface area (Å²) in [6, 6.07) is 0.952. The Bertz CT molecular complexity index is 379. The summed E-state index contributed by atoms with van der Waals surface area (Å²) in [7, 11) is 1.69. The number of ether oxygens (including phenoxy) is 1. The van der Waals surface area contributed by atoms with Crippen LogP contribution in [0.2, 0.25) is 0 Å². The fourth-order valence-electron chi connectivity index (χ4n) is 2.00. The number of methoxy groups -OCH3 is 1. The summed E-state index contributed by atoms with van der Waals surface area (Å²) in [6.07, 6.45) is 2.55. The molecule has 102 valence electrons. The molecule has 1 heterocycles. The maximum atomic E-state index is 5.94. The maximum Gasteiger partial charge on any atom is 0.318 e. The van der Waals surface area contributed by atoms with E-state index in [9.17, 15) is 0 Å². The fourth-order valence-corrected chi connectivity index (χ4v) is 2.09. The van der Waals surface area contributed by atoms with Crippen molar-refractivity contribution in [2.75, 3.05) is 25.2 Å². The molecule has 2 unspecified atom stereocenters. The summed E-state index contributed by atoms with van der Waals surface area (Å²) >= 11 is 5.94. The van der Waals surface area contributed by atoms with Gasteiger partial charge in [0.1, 0.15) is 5.38 Å². The molecule has 6 heteroatoms. The Hall–Kier alpha value is -0.810. The SMILES string of the molecule is COCCN(c1nnc(C(C)Cl)o1)C(C)C1CC1. The van der Waals surface area contributed by atoms with Gasteiger partial charge in [0.05, 0.1) is 6.61 Å².